The number of hydrogen-bond donors (Lipinski definition) is 7. The maximum atomic E-state index is 14.7. The highest BCUT2D eigenvalue weighted by Crippen LogP contribution is 2.39. The first-order valence-corrected chi connectivity index (χ1v) is 25.8. The molecule has 5 rings (SSSR count). The smallest absolute Gasteiger partial charge is 0.287 e. The van der Waals surface area contributed by atoms with Gasteiger partial charge in [0.05, 0.1) is 27.4 Å². The zero-order valence-electron chi connectivity index (χ0n) is 45.6. The van der Waals surface area contributed by atoms with Gasteiger partial charge in [0.1, 0.15) is 53.8 Å². The summed E-state index contributed by atoms with van der Waals surface area (Å²) in [5, 5.41) is 26.8. The molecule has 0 spiro atoms. The second-order valence-electron chi connectivity index (χ2n) is 20.6. The van der Waals surface area contributed by atoms with Crippen LogP contribution in [0, 0.1) is 18.8 Å². The van der Waals surface area contributed by atoms with E-state index in [1.165, 1.54) is 51.9 Å². The minimum Gasteiger partial charge on any atom is -0.497 e. The summed E-state index contributed by atoms with van der Waals surface area (Å²) >= 11 is 0. The molecule has 0 aliphatic carbocycles. The molecule has 22 nitrogen and oxygen atoms in total. The van der Waals surface area contributed by atoms with E-state index in [1.54, 1.807) is 57.2 Å². The lowest BCUT2D eigenvalue weighted by molar-refractivity contribution is -0.142. The van der Waals surface area contributed by atoms with E-state index in [1.807, 2.05) is 20.8 Å². The van der Waals surface area contributed by atoms with E-state index in [9.17, 15) is 48.3 Å². The van der Waals surface area contributed by atoms with Crippen LogP contribution in [0.3, 0.4) is 0 Å². The number of amides is 8. The van der Waals surface area contributed by atoms with Crippen molar-refractivity contribution in [2.75, 3.05) is 34.4 Å². The number of carbonyl (C=O) groups is 9. The molecular formula is C54H76N8O14. The lowest BCUT2D eigenvalue weighted by Gasteiger charge is -2.31. The maximum absolute atomic E-state index is 14.7. The predicted molar refractivity (Wildman–Crippen MR) is 279 cm³/mol. The molecule has 2 saturated heterocycles. The zero-order chi connectivity index (χ0) is 56.3. The number of ether oxygens (including phenoxy) is 3. The quantitative estimate of drug-likeness (QED) is 0.0678. The second kappa shape index (κ2) is 26.5. The Morgan fingerprint density at radius 1 is 0.724 bits per heavy atom. The van der Waals surface area contributed by atoms with Crippen LogP contribution in [-0.4, -0.2) is 157 Å². The average molecular weight is 1060 g/mol. The molecule has 2 aliphatic rings. The van der Waals surface area contributed by atoms with Crippen molar-refractivity contribution in [1.29, 1.82) is 0 Å². The Kier molecular flexibility index (Phi) is 20.8. The Morgan fingerprint density at radius 2 is 1.36 bits per heavy atom. The highest BCUT2D eigenvalue weighted by atomic mass is 16.5. The Labute approximate surface area is 443 Å². The van der Waals surface area contributed by atoms with Gasteiger partial charge in [-0.2, -0.15) is 0 Å². The van der Waals surface area contributed by atoms with Crippen LogP contribution in [0.2, 0.25) is 0 Å². The van der Waals surface area contributed by atoms with Crippen LogP contribution in [0.15, 0.2) is 40.8 Å². The average Bonchev–Trinajstić information content (AvgIpc) is 4.10. The summed E-state index contributed by atoms with van der Waals surface area (Å²) in [6.07, 6.45) is -0.0244. The lowest BCUT2D eigenvalue weighted by Crippen LogP contribution is -2.60. The number of β-amino-alcohol motifs (C(OH)–C–C–N with tert-alkyl or cyclic N) is 1. The van der Waals surface area contributed by atoms with Crippen LogP contribution in [-0.2, 0) is 44.8 Å². The summed E-state index contributed by atoms with van der Waals surface area (Å²) in [5.74, 6) is -5.06. The molecule has 1 aromatic heterocycles. The molecule has 9 atom stereocenters. The first-order chi connectivity index (χ1) is 35.9. The van der Waals surface area contributed by atoms with Gasteiger partial charge in [-0.05, 0) is 102 Å². The fourth-order valence-corrected chi connectivity index (χ4v) is 9.54. The first kappa shape index (κ1) is 59.6. The number of nitrogens with zero attached hydrogens (tertiary/aromatic N) is 2. The third kappa shape index (κ3) is 14.8. The number of methoxy groups -OCH3 is 3. The van der Waals surface area contributed by atoms with Gasteiger partial charge in [0.15, 0.2) is 17.1 Å². The van der Waals surface area contributed by atoms with Crippen molar-refractivity contribution < 1.29 is 66.9 Å². The van der Waals surface area contributed by atoms with Crippen molar-refractivity contribution in [3.63, 3.8) is 0 Å². The molecule has 416 valence electrons. The Bertz CT molecular complexity index is 2620. The summed E-state index contributed by atoms with van der Waals surface area (Å²) < 4.78 is 22.2. The van der Waals surface area contributed by atoms with E-state index < -0.39 is 102 Å². The number of rotatable bonds is 24. The number of ketones is 1. The monoisotopic (exact) mass is 1060 g/mol. The number of carbonyl (C=O) groups excluding carboxylic acids is 9. The summed E-state index contributed by atoms with van der Waals surface area (Å²) in [7, 11) is 4.42. The van der Waals surface area contributed by atoms with Crippen molar-refractivity contribution in [3.05, 3.63) is 53.3 Å². The van der Waals surface area contributed by atoms with Crippen molar-refractivity contribution >= 4 is 64.0 Å². The van der Waals surface area contributed by atoms with Gasteiger partial charge < -0.3 is 65.4 Å². The Morgan fingerprint density at radius 3 is 1.91 bits per heavy atom. The van der Waals surface area contributed by atoms with Gasteiger partial charge in [-0.25, -0.2) is 0 Å². The second-order valence-corrected chi connectivity index (χ2v) is 20.6. The number of hydrogen-bond acceptors (Lipinski definition) is 14. The SMILES string of the molecule is COc1ccc(C[C@H](NC(=O)[C@H](C)NC(=O)[C@H](CC(C)C)NC(=O)c2oc3c(OC)c(OC)ccc3c2C)C(=O)N2CCC[C@H]2C(=O)N[C@@H](CC(C)=O)C(=O)N[C@@H](C)C(=O)N[C@H](C(=O)N2C[C@H](O)C[C@H]2C)C(C)C)cc1. The van der Waals surface area contributed by atoms with E-state index in [0.29, 0.717) is 46.6 Å². The summed E-state index contributed by atoms with van der Waals surface area (Å²) in [5.41, 5.74) is 1.41. The Hall–Kier alpha value is -7.23. The van der Waals surface area contributed by atoms with Crippen LogP contribution in [0.5, 0.6) is 17.2 Å². The molecule has 22 heteroatoms. The lowest BCUT2D eigenvalue weighted by atomic mass is 10.0. The molecule has 0 unspecified atom stereocenters. The largest absolute Gasteiger partial charge is 0.497 e. The summed E-state index contributed by atoms with van der Waals surface area (Å²) in [6.45, 7) is 15.0. The molecule has 7 N–H and O–H groups in total. The third-order valence-electron chi connectivity index (χ3n) is 13.7. The van der Waals surface area contributed by atoms with Crippen molar-refractivity contribution in [1.82, 2.24) is 41.7 Å². The molecule has 2 aromatic carbocycles. The van der Waals surface area contributed by atoms with Gasteiger partial charge in [-0.15, -0.1) is 0 Å². The van der Waals surface area contributed by atoms with Crippen molar-refractivity contribution in [2.45, 2.75) is 155 Å². The van der Waals surface area contributed by atoms with Crippen LogP contribution in [0.25, 0.3) is 11.0 Å². The molecule has 8 amide bonds. The van der Waals surface area contributed by atoms with Gasteiger partial charge in [-0.1, -0.05) is 39.8 Å². The number of aliphatic hydroxyl groups excluding tert-OH is 1. The number of benzene rings is 2. The molecule has 76 heavy (non-hydrogen) atoms. The fraction of sp³-hybridized carbons (Fsp3) is 0.574. The molecule has 0 saturated carbocycles. The minimum absolute atomic E-state index is 0.0444. The van der Waals surface area contributed by atoms with Gasteiger partial charge in [0.2, 0.25) is 47.1 Å². The van der Waals surface area contributed by atoms with E-state index in [0.717, 1.165) is 0 Å². The van der Waals surface area contributed by atoms with Crippen LogP contribution in [0.1, 0.15) is 109 Å². The zero-order valence-corrected chi connectivity index (χ0v) is 45.6. The standard InChI is InChI=1S/C54H76N8O14/c1-27(2)22-38(58-52(70)44-31(7)37-19-20-42(74-11)46(75-12)45(37)76-44)49(67)55-32(8)47(65)59-40(25-34-15-17-36(73-10)18-16-34)53(71)61-21-13-14-41(61)51(69)57-39(24-30(6)63)50(68)56-33(9)48(66)60-43(28(3)4)54(72)62-26-35(64)23-29(62)5/h15-20,27-29,32-33,35,38-41,43,64H,13-14,21-26H2,1-12H3,(H,55,67)(H,56,68)(H,57,69)(H,58,70)(H,59,65)(H,60,66)/t29-,32+,33+,35-,38+,39+,40+,41+,43+/m1/s1. The van der Waals surface area contributed by atoms with E-state index in [4.69, 9.17) is 18.6 Å². The molecule has 3 heterocycles. The Balaban J connectivity index is 1.29. The molecule has 0 radical (unpaired) electrons. The molecule has 2 fully saturated rings. The first-order valence-electron chi connectivity index (χ1n) is 25.8. The van der Waals surface area contributed by atoms with Gasteiger partial charge in [0.25, 0.3) is 5.91 Å². The van der Waals surface area contributed by atoms with Gasteiger partial charge >= 0.3 is 0 Å². The normalized spacial score (nSPS) is 18.7. The van der Waals surface area contributed by atoms with Gasteiger partial charge in [-0.3, -0.25) is 43.2 Å². The topological polar surface area (TPSA) is 293 Å². The number of aryl methyl sites for hydroxylation is 1. The summed E-state index contributed by atoms with van der Waals surface area (Å²) in [6, 6.07) is 1.60. The molecule has 0 bridgehead atoms. The highest BCUT2D eigenvalue weighted by Gasteiger charge is 2.41. The fourth-order valence-electron chi connectivity index (χ4n) is 9.54. The van der Waals surface area contributed by atoms with Crippen molar-refractivity contribution in [2.24, 2.45) is 11.8 Å². The number of nitrogens with one attached hydrogen (secondary N) is 6. The van der Waals surface area contributed by atoms with Crippen LogP contribution >= 0.6 is 0 Å². The van der Waals surface area contributed by atoms with E-state index in [-0.39, 0.29) is 67.5 Å². The van der Waals surface area contributed by atoms with E-state index in [2.05, 4.69) is 31.9 Å². The molecule has 3 aromatic rings. The van der Waals surface area contributed by atoms with Crippen molar-refractivity contribution in [3.8, 4) is 17.2 Å². The number of aliphatic hydroxyl groups is 1. The van der Waals surface area contributed by atoms with E-state index >= 15 is 0 Å². The number of likely N-dealkylation sites (tertiary alicyclic amines) is 2. The van der Waals surface area contributed by atoms with Gasteiger partial charge in [0, 0.05) is 42.9 Å². The highest BCUT2D eigenvalue weighted by molar-refractivity contribution is 6.03. The van der Waals surface area contributed by atoms with Crippen LogP contribution in [0.4, 0.5) is 0 Å². The van der Waals surface area contributed by atoms with Crippen LogP contribution < -0.4 is 46.1 Å². The predicted octanol–water partition coefficient (Wildman–Crippen LogP) is 2.23. The molecular weight excluding hydrogens is 985 g/mol. The molecule has 2 aliphatic heterocycles. The third-order valence-corrected chi connectivity index (χ3v) is 13.7. The summed E-state index contributed by atoms with van der Waals surface area (Å²) in [4.78, 5) is 127. The maximum Gasteiger partial charge on any atom is 0.287 e. The number of furan rings is 1. The number of fused-ring (bicyclic) bond motifs is 1. The minimum atomic E-state index is -1.45. The number of Topliss-reactive ketones (excluding diaryl/α,β-unsaturated/α-hetero) is 1.